The number of fused-ring (bicyclic) bond motifs is 1. The number of anilines is 2. The normalized spacial score (nSPS) is 11.7. The zero-order chi connectivity index (χ0) is 21.8. The SMILES string of the molecule is O=C(COc1ccc(Cl)cc1Cl)Nc1ccccc1C(=O)Nc1ccc2c(c1)OCO2. The third-order valence-electron chi connectivity index (χ3n) is 4.33. The first kappa shape index (κ1) is 20.8. The first-order chi connectivity index (χ1) is 15.0. The number of nitrogens with one attached hydrogen (secondary N) is 2. The van der Waals surface area contributed by atoms with Gasteiger partial charge in [-0.3, -0.25) is 9.59 Å². The minimum absolute atomic E-state index is 0.144. The fourth-order valence-electron chi connectivity index (χ4n) is 2.88. The Morgan fingerprint density at radius 1 is 0.935 bits per heavy atom. The van der Waals surface area contributed by atoms with Gasteiger partial charge < -0.3 is 24.8 Å². The highest BCUT2D eigenvalue weighted by Crippen LogP contribution is 2.34. The van der Waals surface area contributed by atoms with Crippen molar-refractivity contribution >= 4 is 46.4 Å². The molecule has 4 rings (SSSR count). The van der Waals surface area contributed by atoms with Crippen LogP contribution in [-0.4, -0.2) is 25.2 Å². The summed E-state index contributed by atoms with van der Waals surface area (Å²) in [5.74, 6) is 0.657. The number of benzene rings is 3. The van der Waals surface area contributed by atoms with Crippen LogP contribution in [0.4, 0.5) is 11.4 Å². The molecular formula is C22H16Cl2N2O5. The number of ether oxygens (including phenoxy) is 3. The number of rotatable bonds is 6. The molecule has 7 nitrogen and oxygen atoms in total. The van der Waals surface area contributed by atoms with E-state index in [0.717, 1.165) is 0 Å². The van der Waals surface area contributed by atoms with E-state index in [1.807, 2.05) is 0 Å². The molecule has 0 unspecified atom stereocenters. The molecule has 1 aliphatic rings. The maximum absolute atomic E-state index is 12.8. The number of carbonyl (C=O) groups is 2. The van der Waals surface area contributed by atoms with E-state index < -0.39 is 11.8 Å². The number of amides is 2. The average Bonchev–Trinajstić information content (AvgIpc) is 3.21. The summed E-state index contributed by atoms with van der Waals surface area (Å²) < 4.78 is 16.0. The van der Waals surface area contributed by atoms with Crippen LogP contribution in [0.5, 0.6) is 17.2 Å². The molecule has 3 aromatic rings. The topological polar surface area (TPSA) is 85.9 Å². The van der Waals surface area contributed by atoms with Crippen LogP contribution in [-0.2, 0) is 4.79 Å². The second-order valence-corrected chi connectivity index (χ2v) is 7.32. The quantitative estimate of drug-likeness (QED) is 0.543. The highest BCUT2D eigenvalue weighted by Gasteiger charge is 2.17. The van der Waals surface area contributed by atoms with E-state index in [1.54, 1.807) is 54.6 Å². The lowest BCUT2D eigenvalue weighted by molar-refractivity contribution is -0.118. The Morgan fingerprint density at radius 3 is 2.58 bits per heavy atom. The fourth-order valence-corrected chi connectivity index (χ4v) is 3.35. The van der Waals surface area contributed by atoms with Crippen molar-refractivity contribution in [3.8, 4) is 17.2 Å². The van der Waals surface area contributed by atoms with Crippen molar-refractivity contribution in [3.05, 3.63) is 76.3 Å². The molecule has 1 heterocycles. The van der Waals surface area contributed by atoms with E-state index in [4.69, 9.17) is 37.4 Å². The summed E-state index contributed by atoms with van der Waals surface area (Å²) in [4.78, 5) is 25.1. The molecule has 0 aliphatic carbocycles. The summed E-state index contributed by atoms with van der Waals surface area (Å²) in [6.07, 6.45) is 0. The molecule has 158 valence electrons. The average molecular weight is 459 g/mol. The van der Waals surface area contributed by atoms with E-state index in [2.05, 4.69) is 10.6 Å². The monoisotopic (exact) mass is 458 g/mol. The highest BCUT2D eigenvalue weighted by atomic mass is 35.5. The summed E-state index contributed by atoms with van der Waals surface area (Å²) in [7, 11) is 0. The van der Waals surface area contributed by atoms with E-state index in [9.17, 15) is 9.59 Å². The second kappa shape index (κ2) is 9.16. The van der Waals surface area contributed by atoms with Gasteiger partial charge in [0.1, 0.15) is 5.75 Å². The molecule has 0 atom stereocenters. The van der Waals surface area contributed by atoms with E-state index in [-0.39, 0.29) is 19.0 Å². The number of hydrogen-bond acceptors (Lipinski definition) is 5. The highest BCUT2D eigenvalue weighted by molar-refractivity contribution is 6.35. The van der Waals surface area contributed by atoms with E-state index >= 15 is 0 Å². The molecule has 0 aromatic heterocycles. The Labute approximate surface area is 187 Å². The molecular weight excluding hydrogens is 443 g/mol. The summed E-state index contributed by atoms with van der Waals surface area (Å²) >= 11 is 11.9. The lowest BCUT2D eigenvalue weighted by atomic mass is 10.1. The molecule has 2 N–H and O–H groups in total. The Bertz CT molecular complexity index is 1150. The molecule has 0 bridgehead atoms. The van der Waals surface area contributed by atoms with Crippen LogP contribution in [0.2, 0.25) is 10.0 Å². The van der Waals surface area contributed by atoms with Gasteiger partial charge in [-0.1, -0.05) is 35.3 Å². The van der Waals surface area contributed by atoms with Crippen LogP contribution < -0.4 is 24.8 Å². The fraction of sp³-hybridized carbons (Fsp3) is 0.0909. The van der Waals surface area contributed by atoms with Crippen LogP contribution >= 0.6 is 23.2 Å². The summed E-state index contributed by atoms with van der Waals surface area (Å²) in [5.41, 5.74) is 1.17. The minimum Gasteiger partial charge on any atom is -0.482 e. The van der Waals surface area contributed by atoms with Gasteiger partial charge in [-0.2, -0.15) is 0 Å². The van der Waals surface area contributed by atoms with Crippen molar-refractivity contribution in [2.75, 3.05) is 24.0 Å². The van der Waals surface area contributed by atoms with Crippen LogP contribution in [0.15, 0.2) is 60.7 Å². The lowest BCUT2D eigenvalue weighted by Gasteiger charge is -2.13. The van der Waals surface area contributed by atoms with Gasteiger partial charge in [0.05, 0.1) is 16.3 Å². The maximum atomic E-state index is 12.8. The molecule has 1 aliphatic heterocycles. The van der Waals surface area contributed by atoms with E-state index in [0.29, 0.717) is 38.7 Å². The maximum Gasteiger partial charge on any atom is 0.262 e. The standard InChI is InChI=1S/C22H16Cl2N2O5/c23-13-5-7-18(16(24)9-13)29-11-21(27)26-17-4-2-1-3-15(17)22(28)25-14-6-8-19-20(10-14)31-12-30-19/h1-10H,11-12H2,(H,25,28)(H,26,27). The molecule has 9 heteroatoms. The Hall–Kier alpha value is -3.42. The third kappa shape index (κ3) is 5.02. The van der Waals surface area contributed by atoms with E-state index in [1.165, 1.54) is 6.07 Å². The summed E-state index contributed by atoms with van der Waals surface area (Å²) in [6.45, 7) is -0.148. The lowest BCUT2D eigenvalue weighted by Crippen LogP contribution is -2.22. The molecule has 3 aromatic carbocycles. The Morgan fingerprint density at radius 2 is 1.74 bits per heavy atom. The van der Waals surface area contributed by atoms with Gasteiger partial charge in [-0.25, -0.2) is 0 Å². The van der Waals surface area contributed by atoms with Gasteiger partial charge in [-0.15, -0.1) is 0 Å². The van der Waals surface area contributed by atoms with Crippen LogP contribution in [0, 0.1) is 0 Å². The molecule has 0 saturated carbocycles. The van der Waals surface area contributed by atoms with Gasteiger partial charge in [-0.05, 0) is 42.5 Å². The van der Waals surface area contributed by atoms with Gasteiger partial charge >= 0.3 is 0 Å². The van der Waals surface area contributed by atoms with Crippen molar-refractivity contribution < 1.29 is 23.8 Å². The minimum atomic E-state index is -0.450. The molecule has 0 spiro atoms. The number of hydrogen-bond donors (Lipinski definition) is 2. The van der Waals surface area contributed by atoms with Gasteiger partial charge in [0.2, 0.25) is 6.79 Å². The summed E-state index contributed by atoms with van der Waals surface area (Å²) in [6, 6.07) is 16.4. The van der Waals surface area contributed by atoms with Crippen LogP contribution in [0.25, 0.3) is 0 Å². The second-order valence-electron chi connectivity index (χ2n) is 6.48. The van der Waals surface area contributed by atoms with Crippen molar-refractivity contribution in [2.45, 2.75) is 0 Å². The predicted octanol–water partition coefficient (Wildman–Crippen LogP) is 4.99. The first-order valence-electron chi connectivity index (χ1n) is 9.17. The zero-order valence-corrected chi connectivity index (χ0v) is 17.5. The summed E-state index contributed by atoms with van der Waals surface area (Å²) in [5, 5.41) is 6.22. The predicted molar refractivity (Wildman–Crippen MR) is 118 cm³/mol. The van der Waals surface area contributed by atoms with Gasteiger partial charge in [0, 0.05) is 16.8 Å². The molecule has 0 saturated heterocycles. The van der Waals surface area contributed by atoms with Crippen LogP contribution in [0.3, 0.4) is 0 Å². The van der Waals surface area contributed by atoms with Gasteiger partial charge in [0.15, 0.2) is 18.1 Å². The number of carbonyl (C=O) groups excluding carboxylic acids is 2. The Kier molecular flexibility index (Phi) is 6.16. The first-order valence-corrected chi connectivity index (χ1v) is 9.93. The smallest absolute Gasteiger partial charge is 0.262 e. The van der Waals surface area contributed by atoms with Crippen molar-refractivity contribution in [1.29, 1.82) is 0 Å². The Balaban J connectivity index is 1.41. The van der Waals surface area contributed by atoms with Gasteiger partial charge in [0.25, 0.3) is 11.8 Å². The van der Waals surface area contributed by atoms with Crippen molar-refractivity contribution in [1.82, 2.24) is 0 Å². The molecule has 0 radical (unpaired) electrons. The molecule has 2 amide bonds. The zero-order valence-electron chi connectivity index (χ0n) is 16.0. The number of halogens is 2. The largest absolute Gasteiger partial charge is 0.482 e. The molecule has 31 heavy (non-hydrogen) atoms. The molecule has 0 fully saturated rings. The third-order valence-corrected chi connectivity index (χ3v) is 4.86. The van der Waals surface area contributed by atoms with Crippen molar-refractivity contribution in [3.63, 3.8) is 0 Å². The number of para-hydroxylation sites is 1. The van der Waals surface area contributed by atoms with Crippen molar-refractivity contribution in [2.24, 2.45) is 0 Å². The van der Waals surface area contributed by atoms with Crippen LogP contribution in [0.1, 0.15) is 10.4 Å².